The van der Waals surface area contributed by atoms with E-state index in [1.807, 2.05) is 39.9 Å². The first kappa shape index (κ1) is 15.6. The molecule has 0 bridgehead atoms. The summed E-state index contributed by atoms with van der Waals surface area (Å²) in [5, 5.41) is 4.36. The van der Waals surface area contributed by atoms with Crippen molar-refractivity contribution >= 4 is 11.6 Å². The second-order valence-corrected chi connectivity index (χ2v) is 6.24. The highest BCUT2D eigenvalue weighted by molar-refractivity contribution is 5.95. The van der Waals surface area contributed by atoms with Crippen LogP contribution >= 0.6 is 0 Å². The van der Waals surface area contributed by atoms with E-state index >= 15 is 0 Å². The molecule has 0 spiro atoms. The largest absolute Gasteiger partial charge is 0.312 e. The molecule has 0 atom stereocenters. The van der Waals surface area contributed by atoms with Crippen molar-refractivity contribution in [2.75, 3.05) is 11.4 Å². The quantitative estimate of drug-likeness (QED) is 0.720. The first-order valence-corrected chi connectivity index (χ1v) is 8.64. The maximum Gasteiger partial charge on any atom is 0.227 e. The zero-order chi connectivity index (χ0) is 17.1. The van der Waals surface area contributed by atoms with E-state index in [0.29, 0.717) is 6.42 Å². The van der Waals surface area contributed by atoms with E-state index in [-0.39, 0.29) is 5.91 Å². The highest BCUT2D eigenvalue weighted by atomic mass is 16.2. The van der Waals surface area contributed by atoms with Gasteiger partial charge in [0.1, 0.15) is 6.33 Å². The van der Waals surface area contributed by atoms with Gasteiger partial charge in [-0.05, 0) is 42.7 Å². The number of carbonyl (C=O) groups excluding carboxylic acids is 1. The molecule has 4 rings (SSSR count). The number of carbonyl (C=O) groups is 1. The van der Waals surface area contributed by atoms with E-state index in [0.717, 1.165) is 43.0 Å². The average molecular weight is 332 g/mol. The molecule has 5 heteroatoms. The van der Waals surface area contributed by atoms with Crippen LogP contribution in [-0.2, 0) is 17.8 Å². The summed E-state index contributed by atoms with van der Waals surface area (Å²) in [6.45, 7) is 1.59. The van der Waals surface area contributed by atoms with Gasteiger partial charge in [-0.15, -0.1) is 0 Å². The predicted molar refractivity (Wildman–Crippen MR) is 97.2 cm³/mol. The van der Waals surface area contributed by atoms with Crippen molar-refractivity contribution in [2.45, 2.75) is 25.8 Å². The van der Waals surface area contributed by atoms with Crippen molar-refractivity contribution in [3.63, 3.8) is 0 Å². The van der Waals surface area contributed by atoms with Gasteiger partial charge in [-0.25, -0.2) is 9.67 Å². The Morgan fingerprint density at radius 2 is 1.80 bits per heavy atom. The van der Waals surface area contributed by atoms with Crippen molar-refractivity contribution in [2.24, 2.45) is 0 Å². The van der Waals surface area contributed by atoms with E-state index in [2.05, 4.69) is 34.3 Å². The SMILES string of the molecule is O=C1CCCN1c1ccc(-c2ncnn2CCc2ccccc2)cc1. The van der Waals surface area contributed by atoms with E-state index in [9.17, 15) is 4.79 Å². The topological polar surface area (TPSA) is 51.0 Å². The lowest BCUT2D eigenvalue weighted by molar-refractivity contribution is -0.117. The fourth-order valence-electron chi connectivity index (χ4n) is 3.24. The van der Waals surface area contributed by atoms with Crippen molar-refractivity contribution < 1.29 is 4.79 Å². The number of aryl methyl sites for hydroxylation is 2. The average Bonchev–Trinajstić information content (AvgIpc) is 3.30. The molecule has 126 valence electrons. The summed E-state index contributed by atoms with van der Waals surface area (Å²) in [6, 6.07) is 18.4. The van der Waals surface area contributed by atoms with Crippen LogP contribution in [0.5, 0.6) is 0 Å². The molecule has 0 radical (unpaired) electrons. The Bertz CT molecular complexity index is 855. The van der Waals surface area contributed by atoms with Crippen LogP contribution in [0.2, 0.25) is 0 Å². The minimum absolute atomic E-state index is 0.207. The maximum atomic E-state index is 11.9. The number of amides is 1. The van der Waals surface area contributed by atoms with Crippen molar-refractivity contribution in [1.29, 1.82) is 0 Å². The van der Waals surface area contributed by atoms with Gasteiger partial charge in [0.05, 0.1) is 0 Å². The molecule has 0 saturated carbocycles. The van der Waals surface area contributed by atoms with Crippen molar-refractivity contribution in [3.8, 4) is 11.4 Å². The number of hydrogen-bond donors (Lipinski definition) is 0. The van der Waals surface area contributed by atoms with Gasteiger partial charge >= 0.3 is 0 Å². The normalized spacial score (nSPS) is 14.2. The fourth-order valence-corrected chi connectivity index (χ4v) is 3.24. The molecule has 1 amide bonds. The summed E-state index contributed by atoms with van der Waals surface area (Å²) in [4.78, 5) is 18.1. The summed E-state index contributed by atoms with van der Waals surface area (Å²) in [7, 11) is 0. The minimum Gasteiger partial charge on any atom is -0.312 e. The van der Waals surface area contributed by atoms with Crippen molar-refractivity contribution in [1.82, 2.24) is 14.8 Å². The first-order valence-electron chi connectivity index (χ1n) is 8.64. The summed E-state index contributed by atoms with van der Waals surface area (Å²) < 4.78 is 1.93. The number of benzene rings is 2. The molecule has 1 aliphatic heterocycles. The third kappa shape index (κ3) is 3.31. The highest BCUT2D eigenvalue weighted by Gasteiger charge is 2.21. The van der Waals surface area contributed by atoms with Crippen LogP contribution in [0.15, 0.2) is 60.9 Å². The van der Waals surface area contributed by atoms with Crippen LogP contribution in [0.1, 0.15) is 18.4 Å². The molecular weight excluding hydrogens is 312 g/mol. The molecule has 1 fully saturated rings. The van der Waals surface area contributed by atoms with Gasteiger partial charge in [-0.1, -0.05) is 30.3 Å². The van der Waals surface area contributed by atoms with Gasteiger partial charge in [0.2, 0.25) is 5.91 Å². The number of rotatable bonds is 5. The lowest BCUT2D eigenvalue weighted by Crippen LogP contribution is -2.23. The first-order chi connectivity index (χ1) is 12.3. The Hall–Kier alpha value is -2.95. The Labute approximate surface area is 146 Å². The number of nitrogens with zero attached hydrogens (tertiary/aromatic N) is 4. The monoisotopic (exact) mass is 332 g/mol. The minimum atomic E-state index is 0.207. The molecule has 1 aliphatic rings. The van der Waals surface area contributed by atoms with Gasteiger partial charge in [-0.2, -0.15) is 5.10 Å². The molecule has 0 unspecified atom stereocenters. The van der Waals surface area contributed by atoms with E-state index in [1.54, 1.807) is 6.33 Å². The Balaban J connectivity index is 1.50. The molecule has 2 aromatic carbocycles. The zero-order valence-electron chi connectivity index (χ0n) is 14.0. The molecule has 1 aromatic heterocycles. The van der Waals surface area contributed by atoms with Gasteiger partial charge in [0.15, 0.2) is 5.82 Å². The predicted octanol–water partition coefficient (Wildman–Crippen LogP) is 3.31. The third-order valence-electron chi connectivity index (χ3n) is 4.58. The molecule has 1 saturated heterocycles. The van der Waals surface area contributed by atoms with Crippen LogP contribution in [0.4, 0.5) is 5.69 Å². The number of anilines is 1. The fraction of sp³-hybridized carbons (Fsp3) is 0.250. The van der Waals surface area contributed by atoms with Crippen LogP contribution in [0, 0.1) is 0 Å². The van der Waals surface area contributed by atoms with E-state index in [4.69, 9.17) is 0 Å². The third-order valence-corrected chi connectivity index (χ3v) is 4.58. The van der Waals surface area contributed by atoms with Crippen LogP contribution in [0.25, 0.3) is 11.4 Å². The van der Waals surface area contributed by atoms with Gasteiger partial charge < -0.3 is 4.90 Å². The molecule has 3 aromatic rings. The van der Waals surface area contributed by atoms with Crippen molar-refractivity contribution in [3.05, 3.63) is 66.5 Å². The molecule has 5 nitrogen and oxygen atoms in total. The van der Waals surface area contributed by atoms with Gasteiger partial charge in [-0.3, -0.25) is 4.79 Å². The molecule has 2 heterocycles. The summed E-state index contributed by atoms with van der Waals surface area (Å²) in [5.74, 6) is 1.06. The summed E-state index contributed by atoms with van der Waals surface area (Å²) >= 11 is 0. The molecule has 0 aliphatic carbocycles. The van der Waals surface area contributed by atoms with Crippen LogP contribution in [0.3, 0.4) is 0 Å². The summed E-state index contributed by atoms with van der Waals surface area (Å²) in [5.41, 5.74) is 3.26. The Kier molecular flexibility index (Phi) is 4.29. The maximum absolute atomic E-state index is 11.9. The van der Waals surface area contributed by atoms with Gasteiger partial charge in [0.25, 0.3) is 0 Å². The van der Waals surface area contributed by atoms with E-state index in [1.165, 1.54) is 5.56 Å². The lowest BCUT2D eigenvalue weighted by Gasteiger charge is -2.16. The van der Waals surface area contributed by atoms with Crippen LogP contribution < -0.4 is 4.90 Å². The Morgan fingerprint density at radius 1 is 1.00 bits per heavy atom. The lowest BCUT2D eigenvalue weighted by atomic mass is 10.1. The van der Waals surface area contributed by atoms with E-state index < -0.39 is 0 Å². The second kappa shape index (κ2) is 6.89. The molecule has 25 heavy (non-hydrogen) atoms. The van der Waals surface area contributed by atoms with Gasteiger partial charge in [0, 0.05) is 30.8 Å². The molecular formula is C20H20N4O. The number of aromatic nitrogens is 3. The summed E-state index contributed by atoms with van der Waals surface area (Å²) in [6.07, 6.45) is 4.10. The number of hydrogen-bond acceptors (Lipinski definition) is 3. The molecule has 0 N–H and O–H groups in total. The zero-order valence-corrected chi connectivity index (χ0v) is 14.0. The highest BCUT2D eigenvalue weighted by Crippen LogP contribution is 2.25. The standard InChI is InChI=1S/C20H20N4O/c25-19-7-4-13-23(19)18-10-8-17(9-11-18)20-21-15-22-24(20)14-12-16-5-2-1-3-6-16/h1-3,5-6,8-11,15H,4,7,12-14H2. The van der Waals surface area contributed by atoms with Crippen LogP contribution in [-0.4, -0.2) is 27.2 Å². The second-order valence-electron chi connectivity index (χ2n) is 6.24. The smallest absolute Gasteiger partial charge is 0.227 e. The Morgan fingerprint density at radius 3 is 2.52 bits per heavy atom.